The molecule has 0 aromatic rings. The summed E-state index contributed by atoms with van der Waals surface area (Å²) in [7, 11) is 2.22. The molecule has 0 heterocycles. The topological polar surface area (TPSA) is 3.24 Å². The van der Waals surface area contributed by atoms with Gasteiger partial charge in [0.25, 0.3) is 0 Å². The molecule has 0 unspecified atom stereocenters. The Labute approximate surface area is 103 Å². The van der Waals surface area contributed by atoms with Gasteiger partial charge in [-0.05, 0) is 31.6 Å². The van der Waals surface area contributed by atoms with E-state index in [1.54, 1.807) is 0 Å². The zero-order chi connectivity index (χ0) is 12.6. The van der Waals surface area contributed by atoms with Crippen LogP contribution in [-0.2, 0) is 0 Å². The van der Waals surface area contributed by atoms with Gasteiger partial charge >= 0.3 is 0 Å². The molecular weight excluding hydrogens is 194 g/mol. The van der Waals surface area contributed by atoms with Gasteiger partial charge in [0, 0.05) is 19.3 Å². The van der Waals surface area contributed by atoms with Gasteiger partial charge in [-0.1, -0.05) is 46.6 Å². The lowest BCUT2D eigenvalue weighted by Crippen LogP contribution is -2.22. The van der Waals surface area contributed by atoms with Crippen molar-refractivity contribution in [1.29, 1.82) is 0 Å². The highest BCUT2D eigenvalue weighted by atomic mass is 15.1. The van der Waals surface area contributed by atoms with Crippen LogP contribution in [0.4, 0.5) is 0 Å². The van der Waals surface area contributed by atoms with E-state index in [0.29, 0.717) is 0 Å². The summed E-state index contributed by atoms with van der Waals surface area (Å²) in [6, 6.07) is 0. The van der Waals surface area contributed by atoms with Crippen molar-refractivity contribution in [2.24, 2.45) is 11.8 Å². The Balaban J connectivity index is 3.84. The van der Waals surface area contributed by atoms with Gasteiger partial charge in [0.15, 0.2) is 0 Å². The molecule has 0 saturated heterocycles. The summed E-state index contributed by atoms with van der Waals surface area (Å²) in [5.41, 5.74) is 1.51. The van der Waals surface area contributed by atoms with Gasteiger partial charge in [-0.3, -0.25) is 0 Å². The number of hydrogen-bond donors (Lipinski definition) is 0. The molecule has 96 valence electrons. The van der Waals surface area contributed by atoms with Gasteiger partial charge in [-0.15, -0.1) is 0 Å². The van der Waals surface area contributed by atoms with Crippen LogP contribution >= 0.6 is 0 Å². The third-order valence-corrected chi connectivity index (χ3v) is 2.93. The zero-order valence-corrected chi connectivity index (χ0v) is 12.2. The summed E-state index contributed by atoms with van der Waals surface area (Å²) in [5, 5.41) is 0. The first kappa shape index (κ1) is 15.5. The van der Waals surface area contributed by atoms with Crippen LogP contribution in [0.3, 0.4) is 0 Å². The number of unbranched alkanes of at least 4 members (excludes halogenated alkanes) is 1. The lowest BCUT2D eigenvalue weighted by molar-refractivity contribution is 0.345. The molecule has 16 heavy (non-hydrogen) atoms. The van der Waals surface area contributed by atoms with E-state index in [1.165, 1.54) is 37.9 Å². The molecule has 1 heteroatoms. The van der Waals surface area contributed by atoms with Crippen LogP contribution in [0.1, 0.15) is 60.3 Å². The molecule has 0 spiro atoms. The second-order valence-corrected chi connectivity index (χ2v) is 5.69. The third kappa shape index (κ3) is 7.78. The SMILES string of the molecule is C/C=C(/CCCCC(C)C)N(C)CC(C)C. The molecule has 0 atom stereocenters. The summed E-state index contributed by atoms with van der Waals surface area (Å²) in [5.74, 6) is 1.60. The van der Waals surface area contributed by atoms with Crippen LogP contribution in [0, 0.1) is 11.8 Å². The van der Waals surface area contributed by atoms with E-state index >= 15 is 0 Å². The highest BCUT2D eigenvalue weighted by Gasteiger charge is 2.05. The largest absolute Gasteiger partial charge is 0.378 e. The van der Waals surface area contributed by atoms with E-state index in [9.17, 15) is 0 Å². The molecule has 0 aliphatic carbocycles. The van der Waals surface area contributed by atoms with Gasteiger partial charge in [-0.25, -0.2) is 0 Å². The van der Waals surface area contributed by atoms with Crippen molar-refractivity contribution in [2.75, 3.05) is 13.6 Å². The second kappa shape index (κ2) is 8.66. The first-order valence-electron chi connectivity index (χ1n) is 6.83. The van der Waals surface area contributed by atoms with E-state index in [1.807, 2.05) is 0 Å². The Morgan fingerprint density at radius 1 is 1.06 bits per heavy atom. The monoisotopic (exact) mass is 225 g/mol. The van der Waals surface area contributed by atoms with Crippen LogP contribution in [0.15, 0.2) is 11.8 Å². The maximum absolute atomic E-state index is 2.42. The predicted molar refractivity (Wildman–Crippen MR) is 74.5 cm³/mol. The number of rotatable bonds is 8. The number of allylic oxidation sites excluding steroid dienone is 2. The molecule has 0 aliphatic heterocycles. The van der Waals surface area contributed by atoms with E-state index in [4.69, 9.17) is 0 Å². The van der Waals surface area contributed by atoms with Crippen LogP contribution in [-0.4, -0.2) is 18.5 Å². The Kier molecular flexibility index (Phi) is 8.42. The maximum atomic E-state index is 2.42. The van der Waals surface area contributed by atoms with Crippen molar-refractivity contribution in [3.8, 4) is 0 Å². The molecule has 0 rings (SSSR count). The highest BCUT2D eigenvalue weighted by Crippen LogP contribution is 2.15. The molecule has 0 aromatic carbocycles. The lowest BCUT2D eigenvalue weighted by atomic mass is 10.0. The molecule has 0 fully saturated rings. The first-order chi connectivity index (χ1) is 7.47. The van der Waals surface area contributed by atoms with Gasteiger partial charge in [0.2, 0.25) is 0 Å². The van der Waals surface area contributed by atoms with E-state index in [0.717, 1.165) is 11.8 Å². The quantitative estimate of drug-likeness (QED) is 0.541. The minimum Gasteiger partial charge on any atom is -0.378 e. The van der Waals surface area contributed by atoms with Crippen molar-refractivity contribution in [3.05, 3.63) is 11.8 Å². The van der Waals surface area contributed by atoms with E-state index in [2.05, 4.69) is 52.6 Å². The van der Waals surface area contributed by atoms with Crippen molar-refractivity contribution in [1.82, 2.24) is 4.90 Å². The van der Waals surface area contributed by atoms with Crippen LogP contribution in [0.5, 0.6) is 0 Å². The molecule has 0 saturated carbocycles. The van der Waals surface area contributed by atoms with Crippen molar-refractivity contribution in [3.63, 3.8) is 0 Å². The van der Waals surface area contributed by atoms with Crippen molar-refractivity contribution >= 4 is 0 Å². The van der Waals surface area contributed by atoms with E-state index < -0.39 is 0 Å². The minimum atomic E-state index is 0.746. The van der Waals surface area contributed by atoms with Crippen molar-refractivity contribution < 1.29 is 0 Å². The van der Waals surface area contributed by atoms with Gasteiger partial charge in [0.05, 0.1) is 0 Å². The summed E-state index contributed by atoms with van der Waals surface area (Å²) in [4.78, 5) is 2.42. The number of nitrogens with zero attached hydrogens (tertiary/aromatic N) is 1. The predicted octanol–water partition coefficient (Wildman–Crippen LogP) is 4.69. The third-order valence-electron chi connectivity index (χ3n) is 2.93. The molecule has 0 radical (unpaired) electrons. The first-order valence-corrected chi connectivity index (χ1v) is 6.83. The molecule has 0 aliphatic rings. The fraction of sp³-hybridized carbons (Fsp3) is 0.867. The molecular formula is C15H31N. The molecule has 1 nitrogen and oxygen atoms in total. The molecule has 0 bridgehead atoms. The molecule has 0 amide bonds. The summed E-state index contributed by atoms with van der Waals surface area (Å²) in [6.45, 7) is 12.5. The summed E-state index contributed by atoms with van der Waals surface area (Å²) < 4.78 is 0. The Hall–Kier alpha value is -0.460. The summed E-state index contributed by atoms with van der Waals surface area (Å²) >= 11 is 0. The maximum Gasteiger partial charge on any atom is 0.0194 e. The second-order valence-electron chi connectivity index (χ2n) is 5.69. The van der Waals surface area contributed by atoms with Crippen LogP contribution < -0.4 is 0 Å². The van der Waals surface area contributed by atoms with Crippen molar-refractivity contribution in [2.45, 2.75) is 60.3 Å². The molecule has 0 N–H and O–H groups in total. The standard InChI is InChI=1S/C15H31N/c1-7-15(16(6)12-14(4)5)11-9-8-10-13(2)3/h7,13-14H,8-12H2,1-6H3/b15-7-. The van der Waals surface area contributed by atoms with Gasteiger partial charge < -0.3 is 4.90 Å². The smallest absolute Gasteiger partial charge is 0.0194 e. The highest BCUT2D eigenvalue weighted by molar-refractivity contribution is 4.98. The Morgan fingerprint density at radius 2 is 1.69 bits per heavy atom. The minimum absolute atomic E-state index is 0.746. The van der Waals surface area contributed by atoms with Gasteiger partial charge in [-0.2, -0.15) is 0 Å². The lowest BCUT2D eigenvalue weighted by Gasteiger charge is -2.24. The average Bonchev–Trinajstić information content (AvgIpc) is 2.16. The number of hydrogen-bond acceptors (Lipinski definition) is 1. The van der Waals surface area contributed by atoms with Gasteiger partial charge in [0.1, 0.15) is 0 Å². The Morgan fingerprint density at radius 3 is 2.12 bits per heavy atom. The Bertz CT molecular complexity index is 192. The van der Waals surface area contributed by atoms with Crippen LogP contribution in [0.2, 0.25) is 0 Å². The zero-order valence-electron chi connectivity index (χ0n) is 12.2. The van der Waals surface area contributed by atoms with E-state index in [-0.39, 0.29) is 0 Å². The summed E-state index contributed by atoms with van der Waals surface area (Å²) in [6.07, 6.45) is 7.58. The fourth-order valence-corrected chi connectivity index (χ4v) is 2.08. The normalized spacial score (nSPS) is 12.6. The average molecular weight is 225 g/mol. The fourth-order valence-electron chi connectivity index (χ4n) is 2.08. The molecule has 0 aromatic heterocycles. The van der Waals surface area contributed by atoms with Crippen LogP contribution in [0.25, 0.3) is 0 Å².